The molecule has 7 heteroatoms. The zero-order valence-electron chi connectivity index (χ0n) is 15.2. The van der Waals surface area contributed by atoms with Crippen LogP contribution in [-0.4, -0.2) is 37.0 Å². The average molecular weight is 387 g/mol. The number of aryl methyl sites for hydroxylation is 1. The van der Waals surface area contributed by atoms with Crippen LogP contribution in [-0.2, 0) is 0 Å². The lowest BCUT2D eigenvalue weighted by molar-refractivity contribution is -0.886. The minimum Gasteiger partial charge on any atom is -0.337 e. The number of carbonyl (C=O) groups excluding carboxylic acids is 1. The van der Waals surface area contributed by atoms with Gasteiger partial charge in [-0.25, -0.2) is 0 Å². The molecular formula is C20H21ClN3O3+. The number of benzene rings is 2. The molecule has 1 unspecified atom stereocenters. The molecule has 0 aromatic heterocycles. The van der Waals surface area contributed by atoms with E-state index in [0.717, 1.165) is 25.2 Å². The Morgan fingerprint density at radius 2 is 2.07 bits per heavy atom. The number of likely N-dealkylation sites (N-methyl/N-ethyl adjacent to an activating group) is 1. The quantitative estimate of drug-likeness (QED) is 0.637. The highest BCUT2D eigenvalue weighted by Gasteiger charge is 2.46. The molecule has 1 saturated heterocycles. The van der Waals surface area contributed by atoms with E-state index in [2.05, 4.69) is 20.0 Å². The van der Waals surface area contributed by atoms with E-state index in [1.54, 1.807) is 6.07 Å². The van der Waals surface area contributed by atoms with Gasteiger partial charge in [0.25, 0.3) is 11.6 Å². The van der Waals surface area contributed by atoms with Gasteiger partial charge in [-0.3, -0.25) is 14.9 Å². The van der Waals surface area contributed by atoms with E-state index < -0.39 is 4.92 Å². The number of nitrogens with one attached hydrogen (secondary N) is 1. The minimum atomic E-state index is -0.553. The second-order valence-electron chi connectivity index (χ2n) is 7.53. The van der Waals surface area contributed by atoms with Crippen LogP contribution in [0.5, 0.6) is 0 Å². The van der Waals surface area contributed by atoms with Gasteiger partial charge < -0.3 is 9.80 Å². The first kappa shape index (κ1) is 17.9. The van der Waals surface area contributed by atoms with Gasteiger partial charge in [-0.05, 0) is 30.7 Å². The Hall–Kier alpha value is -2.44. The number of quaternary nitrogens is 1. The fourth-order valence-electron chi connectivity index (χ4n) is 4.39. The summed E-state index contributed by atoms with van der Waals surface area (Å²) in [4.78, 5) is 27.3. The van der Waals surface area contributed by atoms with Gasteiger partial charge in [0.2, 0.25) is 0 Å². The molecule has 4 rings (SSSR count). The number of fused-ring (bicyclic) bond motifs is 3. The fraction of sp³-hybridized carbons (Fsp3) is 0.350. The summed E-state index contributed by atoms with van der Waals surface area (Å²) >= 11 is 5.91. The number of likely N-dealkylation sites (tertiary alicyclic amines) is 1. The van der Waals surface area contributed by atoms with Crippen molar-refractivity contribution >= 4 is 28.9 Å². The molecule has 2 aliphatic rings. The van der Waals surface area contributed by atoms with Crippen molar-refractivity contribution in [2.75, 3.05) is 25.0 Å². The third-order valence-corrected chi connectivity index (χ3v) is 6.00. The van der Waals surface area contributed by atoms with Crippen molar-refractivity contribution in [3.8, 4) is 0 Å². The summed E-state index contributed by atoms with van der Waals surface area (Å²) < 4.78 is 0. The summed E-state index contributed by atoms with van der Waals surface area (Å²) in [5.74, 6) is 0.0896. The molecule has 0 spiro atoms. The summed E-state index contributed by atoms with van der Waals surface area (Å²) in [6.07, 6.45) is 0.908. The molecule has 2 heterocycles. The molecule has 0 saturated carbocycles. The van der Waals surface area contributed by atoms with E-state index in [-0.39, 0.29) is 22.7 Å². The maximum absolute atomic E-state index is 13.4. The van der Waals surface area contributed by atoms with Crippen LogP contribution in [0.3, 0.4) is 0 Å². The first-order chi connectivity index (χ1) is 12.9. The van der Waals surface area contributed by atoms with Gasteiger partial charge in [-0.15, -0.1) is 0 Å². The lowest BCUT2D eigenvalue weighted by Crippen LogP contribution is -3.11. The van der Waals surface area contributed by atoms with E-state index in [9.17, 15) is 14.9 Å². The zero-order chi connectivity index (χ0) is 19.3. The lowest BCUT2D eigenvalue weighted by Gasteiger charge is -2.34. The zero-order valence-corrected chi connectivity index (χ0v) is 16.0. The van der Waals surface area contributed by atoms with Gasteiger partial charge in [-0.1, -0.05) is 29.3 Å². The lowest BCUT2D eigenvalue weighted by atomic mass is 9.88. The molecule has 1 N–H and O–H groups in total. The second-order valence-corrected chi connectivity index (χ2v) is 7.94. The molecule has 140 valence electrons. The standard InChI is InChI=1S/C20H20ClN3O3/c1-12-3-6-17-14(9-12)15-11-22(2)8-7-18(15)23(17)20(25)13-4-5-16(21)19(10-13)24(26)27/h3-6,9-10,15,18H,7-8,11H2,1-2H3/p+1/t15-,18+/m0/s1. The number of halogens is 1. The predicted molar refractivity (Wildman–Crippen MR) is 104 cm³/mol. The SMILES string of the molecule is Cc1ccc2c(c1)[C@@H]1C[NH+](C)CC[C@H]1N2C(=O)c1ccc(Cl)c([N+](=O)[O-])c1. The van der Waals surface area contributed by atoms with Crippen molar-refractivity contribution in [1.29, 1.82) is 0 Å². The van der Waals surface area contributed by atoms with Crippen LogP contribution in [0, 0.1) is 17.0 Å². The third-order valence-electron chi connectivity index (χ3n) is 5.68. The largest absolute Gasteiger partial charge is 0.337 e. The van der Waals surface area contributed by atoms with Gasteiger partial charge in [0.15, 0.2) is 0 Å². The van der Waals surface area contributed by atoms with Gasteiger partial charge in [0, 0.05) is 23.7 Å². The maximum Gasteiger partial charge on any atom is 0.288 e. The van der Waals surface area contributed by atoms with E-state index in [4.69, 9.17) is 11.6 Å². The molecule has 1 amide bonds. The number of hydrogen-bond donors (Lipinski definition) is 1. The van der Waals surface area contributed by atoms with Gasteiger partial charge in [0.05, 0.1) is 37.0 Å². The molecule has 1 fully saturated rings. The van der Waals surface area contributed by atoms with Crippen molar-refractivity contribution in [2.24, 2.45) is 0 Å². The summed E-state index contributed by atoms with van der Waals surface area (Å²) in [5, 5.41) is 11.2. The molecule has 2 aromatic rings. The average Bonchev–Trinajstić information content (AvgIpc) is 2.94. The van der Waals surface area contributed by atoms with E-state index in [1.807, 2.05) is 17.0 Å². The fourth-order valence-corrected chi connectivity index (χ4v) is 4.58. The minimum absolute atomic E-state index is 0.0368. The van der Waals surface area contributed by atoms with E-state index in [0.29, 0.717) is 11.5 Å². The number of rotatable bonds is 2. The number of nitro benzene ring substituents is 1. The molecule has 2 aromatic carbocycles. The molecule has 0 radical (unpaired) electrons. The first-order valence-corrected chi connectivity index (χ1v) is 9.44. The Kier molecular flexibility index (Phi) is 4.40. The van der Waals surface area contributed by atoms with Crippen LogP contribution in [0.2, 0.25) is 5.02 Å². The van der Waals surface area contributed by atoms with Gasteiger partial charge in [0.1, 0.15) is 5.02 Å². The molecule has 0 bridgehead atoms. The van der Waals surface area contributed by atoms with E-state index >= 15 is 0 Å². The Labute approximate surface area is 162 Å². The highest BCUT2D eigenvalue weighted by Crippen LogP contribution is 2.44. The second kappa shape index (κ2) is 6.62. The monoisotopic (exact) mass is 386 g/mol. The number of anilines is 1. The van der Waals surface area contributed by atoms with Crippen LogP contribution < -0.4 is 9.80 Å². The number of piperidine rings is 1. The van der Waals surface area contributed by atoms with Crippen molar-refractivity contribution < 1.29 is 14.6 Å². The summed E-state index contributed by atoms with van der Waals surface area (Å²) in [6, 6.07) is 10.6. The van der Waals surface area contributed by atoms with Gasteiger partial charge >= 0.3 is 0 Å². The number of nitro groups is 1. The maximum atomic E-state index is 13.4. The van der Waals surface area contributed by atoms with Crippen molar-refractivity contribution in [1.82, 2.24) is 0 Å². The van der Waals surface area contributed by atoms with Crippen LogP contribution >= 0.6 is 11.6 Å². The Morgan fingerprint density at radius 1 is 1.30 bits per heavy atom. The van der Waals surface area contributed by atoms with Crippen LogP contribution in [0.4, 0.5) is 11.4 Å². The highest BCUT2D eigenvalue weighted by atomic mass is 35.5. The number of carbonyl (C=O) groups is 1. The smallest absolute Gasteiger partial charge is 0.288 e. The van der Waals surface area contributed by atoms with Crippen molar-refractivity contribution in [2.45, 2.75) is 25.3 Å². The Balaban J connectivity index is 1.78. The van der Waals surface area contributed by atoms with Crippen LogP contribution in [0.15, 0.2) is 36.4 Å². The van der Waals surface area contributed by atoms with Crippen LogP contribution in [0.25, 0.3) is 0 Å². The molecule has 2 aliphatic heterocycles. The normalized spacial score (nSPS) is 23.7. The predicted octanol–water partition coefficient (Wildman–Crippen LogP) is 2.59. The van der Waals surface area contributed by atoms with Gasteiger partial charge in [-0.2, -0.15) is 0 Å². The van der Waals surface area contributed by atoms with Crippen molar-refractivity contribution in [3.05, 3.63) is 68.2 Å². The Bertz CT molecular complexity index is 946. The number of nitrogens with zero attached hydrogens (tertiary/aromatic N) is 2. The third kappa shape index (κ3) is 2.99. The Morgan fingerprint density at radius 3 is 2.81 bits per heavy atom. The number of hydrogen-bond acceptors (Lipinski definition) is 3. The topological polar surface area (TPSA) is 67.9 Å². The molecule has 3 atom stereocenters. The number of amides is 1. The summed E-state index contributed by atoms with van der Waals surface area (Å²) in [6.45, 7) is 4.03. The first-order valence-electron chi connectivity index (χ1n) is 9.06. The van der Waals surface area contributed by atoms with Crippen LogP contribution in [0.1, 0.15) is 33.8 Å². The van der Waals surface area contributed by atoms with Crippen molar-refractivity contribution in [3.63, 3.8) is 0 Å². The molecule has 6 nitrogen and oxygen atoms in total. The molecule has 27 heavy (non-hydrogen) atoms. The van der Waals surface area contributed by atoms with E-state index in [1.165, 1.54) is 28.2 Å². The highest BCUT2D eigenvalue weighted by molar-refractivity contribution is 6.32. The molecular weight excluding hydrogens is 366 g/mol. The summed E-state index contributed by atoms with van der Waals surface area (Å²) in [7, 11) is 2.18. The summed E-state index contributed by atoms with van der Waals surface area (Å²) in [5.41, 5.74) is 3.36. The molecule has 0 aliphatic carbocycles.